The number of barbiturate groups is 1. The van der Waals surface area contributed by atoms with Crippen molar-refractivity contribution in [3.05, 3.63) is 64.7 Å². The van der Waals surface area contributed by atoms with Gasteiger partial charge in [0.05, 0.1) is 5.02 Å². The first-order valence-electron chi connectivity index (χ1n) is 7.44. The van der Waals surface area contributed by atoms with Crippen LogP contribution in [0.2, 0.25) is 5.02 Å². The van der Waals surface area contributed by atoms with Gasteiger partial charge in [-0.05, 0) is 35.9 Å². The number of carbonyl (C=O) groups is 3. The Morgan fingerprint density at radius 1 is 0.926 bits per heavy atom. The second-order valence-corrected chi connectivity index (χ2v) is 7.29. The van der Waals surface area contributed by atoms with Crippen LogP contribution in [-0.2, 0) is 19.7 Å². The first-order chi connectivity index (χ1) is 12.8. The Kier molecular flexibility index (Phi) is 4.98. The van der Waals surface area contributed by atoms with Gasteiger partial charge in [-0.25, -0.2) is 4.79 Å². The summed E-state index contributed by atoms with van der Waals surface area (Å²) in [6, 6.07) is 10.6. The third kappa shape index (κ3) is 4.15. The average molecular weight is 407 g/mol. The number of hydrogen-bond acceptors (Lipinski definition) is 6. The van der Waals surface area contributed by atoms with Crippen LogP contribution >= 0.6 is 11.6 Å². The van der Waals surface area contributed by atoms with Crippen LogP contribution in [0.5, 0.6) is 5.75 Å². The summed E-state index contributed by atoms with van der Waals surface area (Å²) in [6.45, 7) is 0. The molecule has 1 aliphatic heterocycles. The number of amides is 4. The molecule has 1 aliphatic rings. The first-order valence-corrected chi connectivity index (χ1v) is 9.22. The fraction of sp³-hybridized carbons (Fsp3) is 0. The zero-order valence-electron chi connectivity index (χ0n) is 13.4. The molecule has 1 fully saturated rings. The Balaban J connectivity index is 1.86. The fourth-order valence-electron chi connectivity index (χ4n) is 2.20. The van der Waals surface area contributed by atoms with Crippen LogP contribution < -0.4 is 14.8 Å². The molecule has 0 unspecified atom stereocenters. The van der Waals surface area contributed by atoms with E-state index in [9.17, 15) is 22.8 Å². The second kappa shape index (κ2) is 7.22. The fourth-order valence-corrected chi connectivity index (χ4v) is 3.44. The number of rotatable bonds is 4. The molecule has 0 aromatic heterocycles. The molecule has 1 saturated heterocycles. The maximum Gasteiger partial charge on any atom is 0.339 e. The Hall–Kier alpha value is -3.17. The summed E-state index contributed by atoms with van der Waals surface area (Å²) in [5.41, 5.74) is 0.0374. The highest BCUT2D eigenvalue weighted by molar-refractivity contribution is 7.87. The monoisotopic (exact) mass is 406 g/mol. The molecule has 0 saturated carbocycles. The van der Waals surface area contributed by atoms with E-state index in [1.54, 1.807) is 18.2 Å². The number of halogens is 1. The quantitative estimate of drug-likeness (QED) is 0.454. The topological polar surface area (TPSA) is 119 Å². The summed E-state index contributed by atoms with van der Waals surface area (Å²) in [7, 11) is -4.07. The minimum Gasteiger partial charge on any atom is -0.377 e. The lowest BCUT2D eigenvalue weighted by molar-refractivity contribution is -0.123. The molecule has 1 heterocycles. The standard InChI is InChI=1S/C17H11ClN2O6S/c18-13-9-10(8-12-15(21)19-17(23)20-16(12)22)6-7-14(13)26-27(24,25)11-4-2-1-3-5-11/h1-9H,(H2,19,20,21,22,23). The van der Waals surface area contributed by atoms with E-state index in [1.165, 1.54) is 36.4 Å². The molecule has 0 atom stereocenters. The van der Waals surface area contributed by atoms with Crippen LogP contribution in [0.1, 0.15) is 5.56 Å². The first kappa shape index (κ1) is 18.6. The predicted molar refractivity (Wildman–Crippen MR) is 95.4 cm³/mol. The Morgan fingerprint density at radius 2 is 1.56 bits per heavy atom. The van der Waals surface area contributed by atoms with Gasteiger partial charge >= 0.3 is 16.1 Å². The van der Waals surface area contributed by atoms with Crippen molar-refractivity contribution < 1.29 is 27.0 Å². The summed E-state index contributed by atoms with van der Waals surface area (Å²) in [6.07, 6.45) is 1.21. The van der Waals surface area contributed by atoms with Gasteiger partial charge in [0, 0.05) is 0 Å². The lowest BCUT2D eigenvalue weighted by Crippen LogP contribution is -2.51. The SMILES string of the molecule is O=C1NC(=O)C(=Cc2ccc(OS(=O)(=O)c3ccccc3)c(Cl)c2)C(=O)N1. The van der Waals surface area contributed by atoms with E-state index < -0.39 is 28.0 Å². The number of nitrogens with one attached hydrogen (secondary N) is 2. The van der Waals surface area contributed by atoms with E-state index in [2.05, 4.69) is 0 Å². The van der Waals surface area contributed by atoms with E-state index in [4.69, 9.17) is 15.8 Å². The highest BCUT2D eigenvalue weighted by Gasteiger charge is 2.27. The molecule has 3 rings (SSSR count). The predicted octanol–water partition coefficient (Wildman–Crippen LogP) is 1.86. The minimum atomic E-state index is -4.07. The molecule has 4 amide bonds. The second-order valence-electron chi connectivity index (χ2n) is 5.34. The van der Waals surface area contributed by atoms with Gasteiger partial charge in [0.15, 0.2) is 5.75 Å². The molecular formula is C17H11ClN2O6S. The van der Waals surface area contributed by atoms with Gasteiger partial charge in [-0.15, -0.1) is 0 Å². The summed E-state index contributed by atoms with van der Waals surface area (Å²) in [4.78, 5) is 34.4. The van der Waals surface area contributed by atoms with Crippen molar-refractivity contribution in [2.75, 3.05) is 0 Å². The molecule has 2 N–H and O–H groups in total. The number of carbonyl (C=O) groups excluding carboxylic acids is 3. The molecule has 0 bridgehead atoms. The third-order valence-corrected chi connectivity index (χ3v) is 4.99. The maximum absolute atomic E-state index is 12.2. The molecule has 2 aromatic carbocycles. The van der Waals surface area contributed by atoms with Gasteiger partial charge < -0.3 is 4.18 Å². The van der Waals surface area contributed by atoms with Crippen LogP contribution in [0, 0.1) is 0 Å². The van der Waals surface area contributed by atoms with E-state index in [-0.39, 0.29) is 21.2 Å². The average Bonchev–Trinajstić information content (AvgIpc) is 2.61. The molecule has 138 valence electrons. The Morgan fingerprint density at radius 3 is 2.15 bits per heavy atom. The molecule has 0 aliphatic carbocycles. The van der Waals surface area contributed by atoms with E-state index >= 15 is 0 Å². The summed E-state index contributed by atoms with van der Waals surface area (Å²) >= 11 is 6.06. The van der Waals surface area contributed by atoms with Gasteiger partial charge in [0.25, 0.3) is 11.8 Å². The number of urea groups is 1. The van der Waals surface area contributed by atoms with E-state index in [0.717, 1.165) is 0 Å². The molecule has 0 radical (unpaired) electrons. The largest absolute Gasteiger partial charge is 0.377 e. The molecule has 2 aromatic rings. The highest BCUT2D eigenvalue weighted by Crippen LogP contribution is 2.29. The normalized spacial score (nSPS) is 14.4. The van der Waals surface area contributed by atoms with Crippen LogP contribution in [0.4, 0.5) is 4.79 Å². The zero-order chi connectivity index (χ0) is 19.6. The van der Waals surface area contributed by atoms with Crippen LogP contribution in [-0.4, -0.2) is 26.3 Å². The van der Waals surface area contributed by atoms with Gasteiger partial charge in [0.1, 0.15) is 10.5 Å². The lowest BCUT2D eigenvalue weighted by Gasteiger charge is -2.14. The van der Waals surface area contributed by atoms with E-state index in [1.807, 2.05) is 10.6 Å². The van der Waals surface area contributed by atoms with Gasteiger partial charge in [0.2, 0.25) is 0 Å². The van der Waals surface area contributed by atoms with Crippen molar-refractivity contribution >= 4 is 45.6 Å². The molecule has 8 nitrogen and oxygen atoms in total. The van der Waals surface area contributed by atoms with Crippen molar-refractivity contribution in [3.8, 4) is 5.75 Å². The van der Waals surface area contributed by atoms with Gasteiger partial charge in [-0.2, -0.15) is 8.42 Å². The Labute approximate surface area is 158 Å². The lowest BCUT2D eigenvalue weighted by atomic mass is 10.1. The van der Waals surface area contributed by atoms with E-state index in [0.29, 0.717) is 5.56 Å². The zero-order valence-corrected chi connectivity index (χ0v) is 15.0. The molecular weight excluding hydrogens is 396 g/mol. The number of benzene rings is 2. The summed E-state index contributed by atoms with van der Waals surface area (Å²) in [5.74, 6) is -1.82. The number of imide groups is 2. The maximum atomic E-state index is 12.2. The van der Waals surface area contributed by atoms with Gasteiger partial charge in [-0.3, -0.25) is 20.2 Å². The third-order valence-electron chi connectivity index (χ3n) is 3.44. The van der Waals surface area contributed by atoms with Crippen molar-refractivity contribution in [2.45, 2.75) is 4.90 Å². The summed E-state index contributed by atoms with van der Waals surface area (Å²) < 4.78 is 29.5. The Bertz CT molecular complexity index is 1060. The molecule has 27 heavy (non-hydrogen) atoms. The van der Waals surface area contributed by atoms with Crippen molar-refractivity contribution in [1.82, 2.24) is 10.6 Å². The van der Waals surface area contributed by atoms with Crippen LogP contribution in [0.25, 0.3) is 6.08 Å². The van der Waals surface area contributed by atoms with Crippen molar-refractivity contribution in [1.29, 1.82) is 0 Å². The van der Waals surface area contributed by atoms with Crippen LogP contribution in [0.3, 0.4) is 0 Å². The smallest absolute Gasteiger partial charge is 0.339 e. The van der Waals surface area contributed by atoms with Crippen LogP contribution in [0.15, 0.2) is 59.0 Å². The molecule has 10 heteroatoms. The van der Waals surface area contributed by atoms with Crippen molar-refractivity contribution in [2.24, 2.45) is 0 Å². The molecule has 0 spiro atoms. The minimum absolute atomic E-state index is 0.0347. The van der Waals surface area contributed by atoms with Crippen molar-refractivity contribution in [3.63, 3.8) is 0 Å². The van der Waals surface area contributed by atoms with Gasteiger partial charge in [-0.1, -0.05) is 35.9 Å². The highest BCUT2D eigenvalue weighted by atomic mass is 35.5. The summed E-state index contributed by atoms with van der Waals surface area (Å²) in [5, 5.41) is 3.84. The number of hydrogen-bond donors (Lipinski definition) is 2.